The maximum absolute atomic E-state index is 8.90. The van der Waals surface area contributed by atoms with Crippen LogP contribution in [0.2, 0.25) is 0 Å². The molecule has 0 radical (unpaired) electrons. The van der Waals surface area contributed by atoms with Crippen molar-refractivity contribution in [1.29, 1.82) is 0 Å². The molecule has 3 heteroatoms. The second-order valence-electron chi connectivity index (χ2n) is 1.84. The summed E-state index contributed by atoms with van der Waals surface area (Å²) < 4.78 is 4.90. The van der Waals surface area contributed by atoms with Gasteiger partial charge in [-0.25, -0.2) is 6.08 Å². The summed E-state index contributed by atoms with van der Waals surface area (Å²) in [4.78, 5) is 0. The van der Waals surface area contributed by atoms with Gasteiger partial charge in [-0.15, -0.1) is 0 Å². The van der Waals surface area contributed by atoms with Gasteiger partial charge in [0.15, 0.2) is 0 Å². The molecule has 10 heavy (non-hydrogen) atoms. The molecule has 0 aromatic carbocycles. The first-order valence-corrected chi connectivity index (χ1v) is 3.10. The van der Waals surface area contributed by atoms with E-state index in [1.807, 2.05) is 6.92 Å². The van der Waals surface area contributed by atoms with E-state index in [0.717, 1.165) is 6.42 Å². The minimum Gasteiger partial charge on any atom is -0.516 e. The van der Waals surface area contributed by atoms with Crippen molar-refractivity contribution in [2.75, 3.05) is 13.2 Å². The van der Waals surface area contributed by atoms with Gasteiger partial charge in [-0.05, 0) is 6.42 Å². The molecule has 0 aromatic heterocycles. The largest absolute Gasteiger partial charge is 0.516 e. The topological polar surface area (TPSA) is 29.5 Å². The van der Waals surface area contributed by atoms with Gasteiger partial charge in [0, 0.05) is 6.61 Å². The van der Waals surface area contributed by atoms with E-state index in [0.29, 0.717) is 13.2 Å². The summed E-state index contributed by atoms with van der Waals surface area (Å²) in [7, 11) is 0. The van der Waals surface area contributed by atoms with Crippen LogP contribution in [-0.2, 0) is 4.74 Å². The van der Waals surface area contributed by atoms with Crippen LogP contribution in [-0.4, -0.2) is 24.4 Å². The van der Waals surface area contributed by atoms with E-state index >= 15 is 0 Å². The van der Waals surface area contributed by atoms with Crippen LogP contribution in [0.15, 0.2) is 6.08 Å². The number of ether oxygens (including phenoxy) is 1. The molecule has 0 aliphatic rings. The zero-order valence-corrected chi connectivity index (χ0v) is 12.8. The van der Waals surface area contributed by atoms with Gasteiger partial charge in [0.1, 0.15) is 0 Å². The standard InChI is InChI=1S/C7H13O2.Rf/c1-3-5-9-6-7(8)4-2;/h1,3,7-8H,4-6H2,2H3;/q-1;. The molecule has 1 unspecified atom stereocenters. The van der Waals surface area contributed by atoms with Gasteiger partial charge in [-0.3, -0.25) is 0 Å². The molecule has 0 amide bonds. The molecule has 1 atom stereocenters. The van der Waals surface area contributed by atoms with Crippen LogP contribution in [0.5, 0.6) is 0 Å². The van der Waals surface area contributed by atoms with E-state index in [2.05, 4.69) is 0 Å². The molecule has 0 bridgehead atoms. The van der Waals surface area contributed by atoms with Crippen molar-refractivity contribution in [3.05, 3.63) is 12.7 Å². The molecule has 0 saturated carbocycles. The summed E-state index contributed by atoms with van der Waals surface area (Å²) >= 11 is 0. The second kappa shape index (κ2) is 7.66. The Morgan fingerprint density at radius 2 is 2.30 bits per heavy atom. The van der Waals surface area contributed by atoms with Gasteiger partial charge in [-0.1, -0.05) is 6.92 Å². The summed E-state index contributed by atoms with van der Waals surface area (Å²) in [6.45, 7) is 7.72. The fraction of sp³-hybridized carbons (Fsp3) is 0.714. The molecular formula is C7H13O2Rf-. The first-order valence-electron chi connectivity index (χ1n) is 3.10. The first-order chi connectivity index (χ1) is 4.31. The Morgan fingerprint density at radius 1 is 1.70 bits per heavy atom. The average Bonchev–Trinajstić information content (AvgIpc) is 1.89. The van der Waals surface area contributed by atoms with Crippen molar-refractivity contribution >= 4 is 0 Å². The van der Waals surface area contributed by atoms with Crippen molar-refractivity contribution in [2.24, 2.45) is 0 Å². The predicted molar refractivity (Wildman–Crippen MR) is 36.0 cm³/mol. The van der Waals surface area contributed by atoms with Crippen LogP contribution in [0.4, 0.5) is 0 Å². The number of aliphatic hydroxyl groups is 1. The Hall–Kier alpha value is -1.34. The minimum atomic E-state index is -0.343. The Bertz CT molecular complexity index is 76.0. The van der Waals surface area contributed by atoms with Gasteiger partial charge in [0.2, 0.25) is 0 Å². The maximum atomic E-state index is 8.90. The Balaban J connectivity index is 0. The average molecular weight is 396 g/mol. The Labute approximate surface area is 56.1 Å². The van der Waals surface area contributed by atoms with Crippen molar-refractivity contribution < 1.29 is 9.84 Å². The van der Waals surface area contributed by atoms with Gasteiger partial charge in [0.25, 0.3) is 0 Å². The Morgan fingerprint density at radius 3 is 2.70 bits per heavy atom. The van der Waals surface area contributed by atoms with E-state index in [9.17, 15) is 0 Å². The van der Waals surface area contributed by atoms with Crippen LogP contribution < -0.4 is 0 Å². The molecule has 56 valence electrons. The molecule has 0 aliphatic heterocycles. The van der Waals surface area contributed by atoms with E-state index in [1.165, 1.54) is 6.08 Å². The third kappa shape index (κ3) is 6.66. The monoisotopic (exact) mass is 396 g/mol. The van der Waals surface area contributed by atoms with E-state index in [-0.39, 0.29) is 6.10 Å². The minimum absolute atomic E-state index is 0. The zero-order valence-electron chi connectivity index (χ0n) is 6.42. The van der Waals surface area contributed by atoms with Gasteiger partial charge < -0.3 is 16.4 Å². The molecule has 0 fully saturated rings. The fourth-order valence-corrected chi connectivity index (χ4v) is 0.390. The molecule has 0 saturated heterocycles. The summed E-state index contributed by atoms with van der Waals surface area (Å²) in [5, 5.41) is 8.90. The predicted octanol–water partition coefficient (Wildman–Crippen LogP) is 0.763. The molecule has 0 rings (SSSR count). The summed E-state index contributed by atoms with van der Waals surface area (Å²) in [5.41, 5.74) is 0. The van der Waals surface area contributed by atoms with E-state index in [1.54, 1.807) is 0 Å². The first kappa shape index (κ1) is 11.5. The third-order valence-electron chi connectivity index (χ3n) is 0.996. The summed E-state index contributed by atoms with van der Waals surface area (Å²) in [6.07, 6.45) is 1.80. The van der Waals surface area contributed by atoms with Crippen LogP contribution >= 0.6 is 0 Å². The van der Waals surface area contributed by atoms with Crippen LogP contribution in [0.25, 0.3) is 0 Å². The number of rotatable bonds is 5. The van der Waals surface area contributed by atoms with Gasteiger partial charge in [0.05, 0.1) is 12.7 Å². The maximum Gasteiger partial charge on any atom is 0.0771 e. The van der Waals surface area contributed by atoms with Crippen molar-refractivity contribution in [1.82, 2.24) is 0 Å². The molecular weight excluding hydrogens is 383 g/mol. The molecule has 0 spiro atoms. The number of aliphatic hydroxyl groups excluding tert-OH is 1. The van der Waals surface area contributed by atoms with Crippen molar-refractivity contribution in [3.63, 3.8) is 0 Å². The third-order valence-corrected chi connectivity index (χ3v) is 0.996. The molecule has 0 aromatic rings. The van der Waals surface area contributed by atoms with Crippen molar-refractivity contribution in [3.8, 4) is 0 Å². The van der Waals surface area contributed by atoms with Crippen LogP contribution in [0.1, 0.15) is 13.3 Å². The summed E-state index contributed by atoms with van der Waals surface area (Å²) in [6, 6.07) is 0. The quantitative estimate of drug-likeness (QED) is 0.550. The van der Waals surface area contributed by atoms with Gasteiger partial charge >= 0.3 is 0 Å². The normalized spacial score (nSPS) is 11.8. The Kier molecular flexibility index (Phi) is 8.78. The number of hydrogen-bond donors (Lipinski definition) is 1. The fourth-order valence-electron chi connectivity index (χ4n) is 0.390. The van der Waals surface area contributed by atoms with Crippen molar-refractivity contribution in [2.45, 2.75) is 19.4 Å². The number of hydrogen-bond acceptors (Lipinski definition) is 2. The van der Waals surface area contributed by atoms with Gasteiger partial charge in [-0.2, -0.15) is 0 Å². The SMILES string of the molecule is [CH-]=CCOCC(O)CC.[Rf]. The smallest absolute Gasteiger partial charge is 0.0771 e. The molecule has 0 aliphatic carbocycles. The van der Waals surface area contributed by atoms with E-state index < -0.39 is 0 Å². The van der Waals surface area contributed by atoms with Crippen LogP contribution in [0, 0.1) is 6.58 Å². The molecule has 2 nitrogen and oxygen atoms in total. The zero-order chi connectivity index (χ0) is 7.11. The van der Waals surface area contributed by atoms with E-state index in [4.69, 9.17) is 16.4 Å². The second-order valence-corrected chi connectivity index (χ2v) is 1.84. The summed E-state index contributed by atoms with van der Waals surface area (Å²) in [5.74, 6) is 0. The molecule has 0 heterocycles. The molecule has 1 N–H and O–H groups in total. The van der Waals surface area contributed by atoms with Crippen LogP contribution in [0.3, 0.4) is 0 Å².